The van der Waals surface area contributed by atoms with Gasteiger partial charge in [0.2, 0.25) is 0 Å². The lowest BCUT2D eigenvalue weighted by Gasteiger charge is -2.35. The van der Waals surface area contributed by atoms with Crippen LogP contribution < -0.4 is 11.5 Å². The molecule has 0 spiro atoms. The highest BCUT2D eigenvalue weighted by molar-refractivity contribution is 6.06. The molecule has 0 bridgehead atoms. The molecule has 0 heterocycles. The van der Waals surface area contributed by atoms with Gasteiger partial charge in [-0.3, -0.25) is 4.79 Å². The summed E-state index contributed by atoms with van der Waals surface area (Å²) in [5.74, 6) is -1.10. The van der Waals surface area contributed by atoms with Crippen molar-refractivity contribution in [1.29, 1.82) is 0 Å². The lowest BCUT2D eigenvalue weighted by atomic mass is 9.73. The Morgan fingerprint density at radius 3 is 2.26 bits per heavy atom. The molecule has 3 unspecified atom stereocenters. The third-order valence-electron chi connectivity index (χ3n) is 4.27. The number of aldehydes is 1. The normalized spacial score (nSPS) is 18.0. The second-order valence-corrected chi connectivity index (χ2v) is 6.66. The molecule has 0 aliphatic rings. The molecule has 0 aromatic heterocycles. The summed E-state index contributed by atoms with van der Waals surface area (Å²) in [4.78, 5) is 24.4. The van der Waals surface area contributed by atoms with Crippen LogP contribution in [-0.4, -0.2) is 34.9 Å². The number of nitrogens with two attached hydrogens (primary N) is 2. The fourth-order valence-corrected chi connectivity index (χ4v) is 2.70. The van der Waals surface area contributed by atoms with Gasteiger partial charge in [0, 0.05) is 0 Å². The maximum Gasteiger partial charge on any atom is 0.177 e. The molecule has 1 rings (SSSR count). The number of Topliss-reactive ketones (excluding diaryl/α,β-unsaturated/α-hetero) is 1. The zero-order chi connectivity index (χ0) is 17.6. The first-order valence-corrected chi connectivity index (χ1v) is 7.99. The number of carbonyl (C=O) groups is 2. The van der Waals surface area contributed by atoms with E-state index in [0.717, 1.165) is 5.56 Å². The smallest absolute Gasteiger partial charge is 0.177 e. The van der Waals surface area contributed by atoms with Crippen LogP contribution >= 0.6 is 0 Å². The molecule has 5 heteroatoms. The zero-order valence-corrected chi connectivity index (χ0v) is 14.1. The number of rotatable bonds is 9. The second-order valence-electron chi connectivity index (χ2n) is 6.66. The van der Waals surface area contributed by atoms with E-state index >= 15 is 0 Å². The highest BCUT2D eigenvalue weighted by atomic mass is 16.3. The van der Waals surface area contributed by atoms with Gasteiger partial charge in [-0.2, -0.15) is 0 Å². The van der Waals surface area contributed by atoms with E-state index in [-0.39, 0.29) is 12.3 Å². The first-order valence-electron chi connectivity index (χ1n) is 7.99. The van der Waals surface area contributed by atoms with Gasteiger partial charge in [0.1, 0.15) is 11.8 Å². The van der Waals surface area contributed by atoms with Crippen LogP contribution in [0.25, 0.3) is 0 Å². The molecule has 1 aromatic rings. The number of hydrogen-bond donors (Lipinski definition) is 3. The molecule has 0 aliphatic carbocycles. The topological polar surface area (TPSA) is 106 Å². The minimum atomic E-state index is -1.70. The summed E-state index contributed by atoms with van der Waals surface area (Å²) in [5.41, 5.74) is 11.4. The van der Waals surface area contributed by atoms with E-state index in [1.165, 1.54) is 0 Å². The van der Waals surface area contributed by atoms with Crippen LogP contribution in [0.3, 0.4) is 0 Å². The Morgan fingerprint density at radius 2 is 1.83 bits per heavy atom. The van der Waals surface area contributed by atoms with Crippen LogP contribution in [0.5, 0.6) is 0 Å². The van der Waals surface area contributed by atoms with Crippen LogP contribution in [-0.2, 0) is 16.0 Å². The standard InChI is InChI=1S/C18H28N2O3/c1-12(2)16(19)17(23)18(20,11-21)15(9-13(3)22)10-14-7-5-4-6-8-14/h4-8,11-13,15-16,22H,9-10,19-20H2,1-3H3/t13-,15?,16?,18?/m1/s1. The van der Waals surface area contributed by atoms with Crippen molar-refractivity contribution in [2.45, 2.75) is 51.3 Å². The molecular formula is C18H28N2O3. The molecule has 0 aliphatic heterocycles. The van der Waals surface area contributed by atoms with E-state index in [1.54, 1.807) is 6.92 Å². The van der Waals surface area contributed by atoms with Crippen LogP contribution in [0, 0.1) is 11.8 Å². The summed E-state index contributed by atoms with van der Waals surface area (Å²) >= 11 is 0. The minimum Gasteiger partial charge on any atom is -0.393 e. The van der Waals surface area contributed by atoms with Gasteiger partial charge in [-0.05, 0) is 37.2 Å². The molecule has 0 saturated heterocycles. The third-order valence-corrected chi connectivity index (χ3v) is 4.27. The molecule has 128 valence electrons. The monoisotopic (exact) mass is 320 g/mol. The molecule has 5 nitrogen and oxygen atoms in total. The molecule has 0 fully saturated rings. The predicted molar refractivity (Wildman–Crippen MR) is 90.7 cm³/mol. The van der Waals surface area contributed by atoms with Crippen LogP contribution in [0.4, 0.5) is 0 Å². The van der Waals surface area contributed by atoms with Crippen LogP contribution in [0.15, 0.2) is 30.3 Å². The molecular weight excluding hydrogens is 292 g/mol. The third kappa shape index (κ3) is 4.96. The predicted octanol–water partition coefficient (Wildman–Crippen LogP) is 1.07. The van der Waals surface area contributed by atoms with Gasteiger partial charge in [-0.25, -0.2) is 0 Å². The quantitative estimate of drug-likeness (QED) is 0.466. The largest absolute Gasteiger partial charge is 0.393 e. The maximum atomic E-state index is 12.7. The molecule has 5 N–H and O–H groups in total. The number of ketones is 1. The Bertz CT molecular complexity index is 516. The highest BCUT2D eigenvalue weighted by Gasteiger charge is 2.45. The van der Waals surface area contributed by atoms with Gasteiger partial charge >= 0.3 is 0 Å². The number of carbonyl (C=O) groups excluding carboxylic acids is 2. The Hall–Kier alpha value is -1.56. The summed E-state index contributed by atoms with van der Waals surface area (Å²) < 4.78 is 0. The van der Waals surface area contributed by atoms with Crippen molar-refractivity contribution in [3.8, 4) is 0 Å². The van der Waals surface area contributed by atoms with Crippen molar-refractivity contribution >= 4 is 12.1 Å². The summed E-state index contributed by atoms with van der Waals surface area (Å²) in [5, 5.41) is 9.78. The SMILES string of the molecule is CC(C)C(N)C(=O)C(N)(C=O)C(Cc1ccccc1)C[C@@H](C)O. The fourth-order valence-electron chi connectivity index (χ4n) is 2.70. The Balaban J connectivity index is 3.14. The van der Waals surface area contributed by atoms with E-state index in [1.807, 2.05) is 44.2 Å². The summed E-state index contributed by atoms with van der Waals surface area (Å²) in [6.45, 7) is 5.25. The molecule has 0 amide bonds. The number of aliphatic hydroxyl groups is 1. The molecule has 1 aromatic carbocycles. The maximum absolute atomic E-state index is 12.7. The number of hydrogen-bond acceptors (Lipinski definition) is 5. The Labute approximate surface area is 138 Å². The first-order chi connectivity index (χ1) is 10.7. The van der Waals surface area contributed by atoms with E-state index < -0.39 is 29.4 Å². The van der Waals surface area contributed by atoms with Gasteiger partial charge in [0.25, 0.3) is 0 Å². The van der Waals surface area contributed by atoms with Gasteiger partial charge in [-0.1, -0.05) is 44.2 Å². The molecule has 4 atom stereocenters. The van der Waals surface area contributed by atoms with Crippen molar-refractivity contribution in [2.75, 3.05) is 0 Å². The van der Waals surface area contributed by atoms with Gasteiger partial charge in [-0.15, -0.1) is 0 Å². The average Bonchev–Trinajstić information content (AvgIpc) is 2.52. The number of aliphatic hydroxyl groups excluding tert-OH is 1. The molecule has 23 heavy (non-hydrogen) atoms. The summed E-state index contributed by atoms with van der Waals surface area (Å²) in [7, 11) is 0. The van der Waals surface area contributed by atoms with Crippen molar-refractivity contribution in [2.24, 2.45) is 23.3 Å². The van der Waals surface area contributed by atoms with Crippen molar-refractivity contribution in [1.82, 2.24) is 0 Å². The molecule has 0 radical (unpaired) electrons. The van der Waals surface area contributed by atoms with E-state index in [9.17, 15) is 14.7 Å². The Morgan fingerprint density at radius 1 is 1.26 bits per heavy atom. The van der Waals surface area contributed by atoms with Gasteiger partial charge in [0.05, 0.1) is 12.1 Å². The van der Waals surface area contributed by atoms with E-state index in [4.69, 9.17) is 11.5 Å². The lowest BCUT2D eigenvalue weighted by molar-refractivity contribution is -0.133. The van der Waals surface area contributed by atoms with Crippen LogP contribution in [0.1, 0.15) is 32.8 Å². The summed E-state index contributed by atoms with van der Waals surface area (Å²) in [6, 6.07) is 8.67. The molecule has 0 saturated carbocycles. The van der Waals surface area contributed by atoms with E-state index in [0.29, 0.717) is 12.7 Å². The Kier molecular flexibility index (Phi) is 7.06. The first kappa shape index (κ1) is 19.5. The summed E-state index contributed by atoms with van der Waals surface area (Å²) in [6.07, 6.45) is 0.501. The highest BCUT2D eigenvalue weighted by Crippen LogP contribution is 2.26. The van der Waals surface area contributed by atoms with E-state index in [2.05, 4.69) is 0 Å². The van der Waals surface area contributed by atoms with Crippen molar-refractivity contribution < 1.29 is 14.7 Å². The second kappa shape index (κ2) is 8.34. The minimum absolute atomic E-state index is 0.116. The van der Waals surface area contributed by atoms with Crippen molar-refractivity contribution in [3.63, 3.8) is 0 Å². The van der Waals surface area contributed by atoms with Gasteiger partial charge in [0.15, 0.2) is 5.78 Å². The zero-order valence-electron chi connectivity index (χ0n) is 14.1. The van der Waals surface area contributed by atoms with Crippen molar-refractivity contribution in [3.05, 3.63) is 35.9 Å². The average molecular weight is 320 g/mol. The van der Waals surface area contributed by atoms with Crippen LogP contribution in [0.2, 0.25) is 0 Å². The number of benzene rings is 1. The van der Waals surface area contributed by atoms with Gasteiger partial charge < -0.3 is 21.4 Å². The lowest BCUT2D eigenvalue weighted by Crippen LogP contribution is -2.62. The fraction of sp³-hybridized carbons (Fsp3) is 0.556.